The molecule has 2 aliphatic carbocycles. The molecule has 2 rings (SSSR count). The monoisotopic (exact) mass is 165 g/mol. The van der Waals surface area contributed by atoms with E-state index in [1.54, 1.807) is 0 Å². The second-order valence-corrected chi connectivity index (χ2v) is 3.99. The van der Waals surface area contributed by atoms with Gasteiger partial charge in [-0.25, -0.2) is 0 Å². The summed E-state index contributed by atoms with van der Waals surface area (Å²) in [5, 5.41) is 18.4. The first-order valence-corrected chi connectivity index (χ1v) is 4.27. The largest absolute Gasteiger partial charge is 0.393 e. The highest BCUT2D eigenvalue weighted by Gasteiger charge is 2.55. The van der Waals surface area contributed by atoms with E-state index in [1.165, 1.54) is 0 Å². The van der Waals surface area contributed by atoms with E-state index >= 15 is 0 Å². The molecule has 0 radical (unpaired) electrons. The Balaban J connectivity index is 2.32. The summed E-state index contributed by atoms with van der Waals surface area (Å²) < 4.78 is 0. The molecule has 2 bridgehead atoms. The Morgan fingerprint density at radius 3 is 2.67 bits per heavy atom. The van der Waals surface area contributed by atoms with Gasteiger partial charge in [0.25, 0.3) is 0 Å². The molecule has 2 saturated carbocycles. The molecule has 64 valence electrons. The molecule has 0 aliphatic heterocycles. The van der Waals surface area contributed by atoms with Crippen molar-refractivity contribution in [2.75, 3.05) is 0 Å². The lowest BCUT2D eigenvalue weighted by Gasteiger charge is -2.28. The summed E-state index contributed by atoms with van der Waals surface area (Å²) in [6.07, 6.45) is 2.61. The number of rotatable bonds is 1. The Morgan fingerprint density at radius 2 is 2.33 bits per heavy atom. The van der Waals surface area contributed by atoms with Gasteiger partial charge < -0.3 is 9.90 Å². The van der Waals surface area contributed by atoms with Gasteiger partial charge in [-0.2, -0.15) is 5.26 Å². The van der Waals surface area contributed by atoms with E-state index in [0.717, 1.165) is 19.1 Å². The minimum Gasteiger partial charge on any atom is -0.393 e. The average Bonchev–Trinajstić information content (AvgIpc) is 2.60. The molecule has 0 amide bonds. The van der Waals surface area contributed by atoms with Crippen LogP contribution in [0.2, 0.25) is 0 Å². The Morgan fingerprint density at radius 1 is 1.58 bits per heavy atom. The fourth-order valence-corrected chi connectivity index (χ4v) is 2.76. The molecule has 0 aromatic carbocycles. The molecule has 4 unspecified atom stereocenters. The summed E-state index contributed by atoms with van der Waals surface area (Å²) in [5.74, 6) is 0.305. The second-order valence-electron chi connectivity index (χ2n) is 3.99. The fraction of sp³-hybridized carbons (Fsp3) is 0.778. The number of carbonyl (C=O) groups is 1. The number of hydrogen-bond acceptors (Lipinski definition) is 3. The van der Waals surface area contributed by atoms with Gasteiger partial charge in [0, 0.05) is 5.92 Å². The lowest BCUT2D eigenvalue weighted by molar-refractivity contribution is -0.118. The van der Waals surface area contributed by atoms with E-state index in [2.05, 4.69) is 6.07 Å². The summed E-state index contributed by atoms with van der Waals surface area (Å²) in [6.45, 7) is 0. The summed E-state index contributed by atoms with van der Waals surface area (Å²) in [6, 6.07) is 2.06. The Bertz CT molecular complexity index is 258. The summed E-state index contributed by atoms with van der Waals surface area (Å²) in [4.78, 5) is 10.8. The fourth-order valence-electron chi connectivity index (χ4n) is 2.76. The maximum atomic E-state index is 10.8. The maximum absolute atomic E-state index is 10.8. The van der Waals surface area contributed by atoms with Crippen LogP contribution < -0.4 is 0 Å². The van der Waals surface area contributed by atoms with Crippen LogP contribution in [-0.2, 0) is 4.79 Å². The van der Waals surface area contributed by atoms with E-state index in [-0.39, 0.29) is 5.92 Å². The zero-order valence-electron chi connectivity index (χ0n) is 6.73. The quantitative estimate of drug-likeness (QED) is 0.575. The van der Waals surface area contributed by atoms with Crippen LogP contribution >= 0.6 is 0 Å². The van der Waals surface area contributed by atoms with Gasteiger partial charge in [-0.1, -0.05) is 0 Å². The first-order valence-electron chi connectivity index (χ1n) is 4.27. The van der Waals surface area contributed by atoms with Gasteiger partial charge in [0.2, 0.25) is 0 Å². The topological polar surface area (TPSA) is 61.1 Å². The van der Waals surface area contributed by atoms with E-state index in [0.29, 0.717) is 12.3 Å². The number of nitrogens with zero attached hydrogens (tertiary/aromatic N) is 1. The number of fused-ring (bicyclic) bond motifs is 2. The number of aldehydes is 1. The molecule has 3 nitrogen and oxygen atoms in total. The van der Waals surface area contributed by atoms with Crippen molar-refractivity contribution < 1.29 is 9.90 Å². The predicted octanol–water partition coefficient (Wildman–Crippen LogP) is 0.486. The molecule has 0 saturated heterocycles. The van der Waals surface area contributed by atoms with Crippen LogP contribution in [0.5, 0.6) is 0 Å². The SMILES string of the molecule is N#CC1(C=O)CC2CC(O)C1C2. The van der Waals surface area contributed by atoms with Crippen LogP contribution in [0, 0.1) is 28.6 Å². The molecule has 2 fully saturated rings. The van der Waals surface area contributed by atoms with Crippen LogP contribution in [0.25, 0.3) is 0 Å². The molecule has 0 aromatic rings. The van der Waals surface area contributed by atoms with Crippen molar-refractivity contribution >= 4 is 6.29 Å². The molecular formula is C9H11NO2. The van der Waals surface area contributed by atoms with Gasteiger partial charge >= 0.3 is 0 Å². The van der Waals surface area contributed by atoms with Crippen molar-refractivity contribution in [3.05, 3.63) is 0 Å². The van der Waals surface area contributed by atoms with Crippen LogP contribution in [-0.4, -0.2) is 17.5 Å². The number of hydrogen-bond donors (Lipinski definition) is 1. The predicted molar refractivity (Wildman–Crippen MR) is 40.9 cm³/mol. The zero-order valence-corrected chi connectivity index (χ0v) is 6.73. The van der Waals surface area contributed by atoms with E-state index in [9.17, 15) is 9.90 Å². The van der Waals surface area contributed by atoms with Crippen LogP contribution in [0.15, 0.2) is 0 Å². The third kappa shape index (κ3) is 0.760. The zero-order chi connectivity index (χ0) is 8.77. The van der Waals surface area contributed by atoms with Crippen LogP contribution in [0.3, 0.4) is 0 Å². The van der Waals surface area contributed by atoms with Crippen molar-refractivity contribution in [2.45, 2.75) is 25.4 Å². The first kappa shape index (κ1) is 7.75. The van der Waals surface area contributed by atoms with E-state index in [1.807, 2.05) is 0 Å². The van der Waals surface area contributed by atoms with Gasteiger partial charge in [0.15, 0.2) is 0 Å². The lowest BCUT2D eigenvalue weighted by Crippen LogP contribution is -2.35. The standard InChI is InChI=1S/C9H11NO2/c10-4-9(5-11)3-6-1-7(9)8(12)2-6/h5-8,12H,1-3H2. The number of aliphatic hydroxyl groups is 1. The van der Waals surface area contributed by atoms with E-state index in [4.69, 9.17) is 5.26 Å². The highest BCUT2D eigenvalue weighted by Crippen LogP contribution is 2.54. The average molecular weight is 165 g/mol. The van der Waals surface area contributed by atoms with Crippen molar-refractivity contribution in [3.63, 3.8) is 0 Å². The highest BCUT2D eigenvalue weighted by atomic mass is 16.3. The normalized spacial score (nSPS) is 50.5. The maximum Gasteiger partial charge on any atom is 0.140 e. The molecule has 1 N–H and O–H groups in total. The van der Waals surface area contributed by atoms with E-state index < -0.39 is 11.5 Å². The highest BCUT2D eigenvalue weighted by molar-refractivity contribution is 5.66. The third-order valence-electron chi connectivity index (χ3n) is 3.33. The van der Waals surface area contributed by atoms with Gasteiger partial charge in [-0.15, -0.1) is 0 Å². The van der Waals surface area contributed by atoms with Gasteiger partial charge in [0.05, 0.1) is 12.2 Å². The van der Waals surface area contributed by atoms with Gasteiger partial charge in [-0.05, 0) is 25.2 Å². The van der Waals surface area contributed by atoms with Crippen molar-refractivity contribution in [1.82, 2.24) is 0 Å². The first-order chi connectivity index (χ1) is 5.72. The smallest absolute Gasteiger partial charge is 0.140 e. The molecular weight excluding hydrogens is 154 g/mol. The molecule has 0 spiro atoms. The lowest BCUT2D eigenvalue weighted by atomic mass is 9.74. The van der Waals surface area contributed by atoms with Crippen molar-refractivity contribution in [1.29, 1.82) is 5.26 Å². The molecule has 0 heterocycles. The summed E-state index contributed by atoms with van der Waals surface area (Å²) in [7, 11) is 0. The number of carbonyl (C=O) groups excluding carboxylic acids is 1. The molecule has 3 heteroatoms. The minimum atomic E-state index is -0.859. The summed E-state index contributed by atoms with van der Waals surface area (Å²) in [5.41, 5.74) is -0.859. The Kier molecular flexibility index (Phi) is 1.49. The Hall–Kier alpha value is -0.880. The van der Waals surface area contributed by atoms with Crippen LogP contribution in [0.1, 0.15) is 19.3 Å². The number of aliphatic hydroxyl groups excluding tert-OH is 1. The molecule has 4 atom stereocenters. The molecule has 0 aromatic heterocycles. The molecule has 2 aliphatic rings. The van der Waals surface area contributed by atoms with Gasteiger partial charge in [0.1, 0.15) is 11.7 Å². The summed E-state index contributed by atoms with van der Waals surface area (Å²) >= 11 is 0. The number of nitriles is 1. The van der Waals surface area contributed by atoms with Crippen molar-refractivity contribution in [2.24, 2.45) is 17.3 Å². The van der Waals surface area contributed by atoms with Crippen LogP contribution in [0.4, 0.5) is 0 Å². The van der Waals surface area contributed by atoms with Gasteiger partial charge in [-0.3, -0.25) is 0 Å². The second kappa shape index (κ2) is 2.30. The Labute approximate surface area is 71.0 Å². The minimum absolute atomic E-state index is 0.0926. The third-order valence-corrected chi connectivity index (χ3v) is 3.33. The van der Waals surface area contributed by atoms with Crippen molar-refractivity contribution in [3.8, 4) is 6.07 Å². The molecule has 12 heavy (non-hydrogen) atoms.